The lowest BCUT2D eigenvalue weighted by atomic mass is 9.90. The minimum Gasteiger partial charge on any atom is -0.0843 e. The van der Waals surface area contributed by atoms with Gasteiger partial charge >= 0.3 is 0 Å². The molecule has 0 atom stereocenters. The van der Waals surface area contributed by atoms with E-state index in [0.29, 0.717) is 0 Å². The van der Waals surface area contributed by atoms with Gasteiger partial charge in [-0.05, 0) is 23.3 Å². The number of rotatable bonds is 1. The third-order valence-electron chi connectivity index (χ3n) is 3.45. The first kappa shape index (κ1) is 16.5. The number of benzene rings is 1. The van der Waals surface area contributed by atoms with Crippen LogP contribution in [0.15, 0.2) is 36.4 Å². The summed E-state index contributed by atoms with van der Waals surface area (Å²) in [6.45, 7) is 13.6. The molecule has 0 saturated carbocycles. The van der Waals surface area contributed by atoms with Crippen LogP contribution < -0.4 is 0 Å². The van der Waals surface area contributed by atoms with Gasteiger partial charge in [-0.3, -0.25) is 0 Å². The van der Waals surface area contributed by atoms with Crippen molar-refractivity contribution in [3.63, 3.8) is 0 Å². The molecule has 0 amide bonds. The first-order valence-electron chi connectivity index (χ1n) is 7.32. The molecule has 1 aromatic heterocycles. The summed E-state index contributed by atoms with van der Waals surface area (Å²) in [6.07, 6.45) is 0. The lowest BCUT2D eigenvalue weighted by Crippen LogP contribution is -2.14. The van der Waals surface area contributed by atoms with Crippen LogP contribution >= 0.6 is 22.9 Å². The molecule has 21 heavy (non-hydrogen) atoms. The highest BCUT2D eigenvalue weighted by molar-refractivity contribution is 7.12. The van der Waals surface area contributed by atoms with Gasteiger partial charge in [-0.2, -0.15) is 0 Å². The molecule has 2 aromatic rings. The van der Waals surface area contributed by atoms with E-state index in [1.807, 2.05) is 23.5 Å². The Kier molecular flexibility index (Phi) is 4.46. The van der Waals surface area contributed by atoms with Gasteiger partial charge in [-0.15, -0.1) is 0 Å². The first-order chi connectivity index (χ1) is 9.57. The minimum absolute atomic E-state index is 0.160. The van der Waals surface area contributed by atoms with Crippen molar-refractivity contribution in [2.24, 2.45) is 0 Å². The predicted octanol–water partition coefficient (Wildman–Crippen LogP) is 6.94. The molecule has 0 aliphatic carbocycles. The Morgan fingerprint density at radius 3 is 1.52 bits per heavy atom. The molecule has 2 heteroatoms. The average Bonchev–Trinajstić information content (AvgIpc) is 2.37. The summed E-state index contributed by atoms with van der Waals surface area (Å²) in [7, 11) is 0. The molecule has 1 aromatic carbocycles. The molecule has 1 heterocycles. The number of halogens is 1. The van der Waals surface area contributed by atoms with Crippen molar-refractivity contribution in [3.05, 3.63) is 51.2 Å². The second kappa shape index (κ2) is 5.70. The van der Waals surface area contributed by atoms with Crippen LogP contribution in [0.4, 0.5) is 0 Å². The Hall–Kier alpha value is -0.920. The Bertz CT molecular complexity index is 596. The summed E-state index contributed by atoms with van der Waals surface area (Å²) in [6, 6.07) is 12.8. The summed E-state index contributed by atoms with van der Waals surface area (Å²) in [5.41, 5.74) is 2.82. The normalized spacial score (nSPS) is 12.5. The lowest BCUT2D eigenvalue weighted by molar-refractivity contribution is 0.593. The van der Waals surface area contributed by atoms with E-state index in [0.717, 1.165) is 5.02 Å². The van der Waals surface area contributed by atoms with Crippen molar-refractivity contribution in [1.29, 1.82) is 0 Å². The van der Waals surface area contributed by atoms with Gasteiger partial charge in [0.2, 0.25) is 21.1 Å². The van der Waals surface area contributed by atoms with Gasteiger partial charge in [-0.1, -0.05) is 65.3 Å². The monoisotopic (exact) mass is 319 g/mol. The molecule has 0 bridgehead atoms. The highest BCUT2D eigenvalue weighted by atomic mass is 35.5. The molecule has 0 N–H and O–H groups in total. The number of hydrogen-bond donors (Lipinski definition) is 0. The average molecular weight is 320 g/mol. The van der Waals surface area contributed by atoms with Gasteiger partial charge in [0.1, 0.15) is 0 Å². The van der Waals surface area contributed by atoms with E-state index in [1.165, 1.54) is 20.9 Å². The van der Waals surface area contributed by atoms with Crippen LogP contribution in [0, 0.1) is 0 Å². The molecular formula is C19H24ClS+. The molecule has 0 fully saturated rings. The lowest BCUT2D eigenvalue weighted by Gasteiger charge is -2.16. The van der Waals surface area contributed by atoms with Gasteiger partial charge in [0.05, 0.1) is 0 Å². The van der Waals surface area contributed by atoms with Crippen LogP contribution in [0.1, 0.15) is 51.3 Å². The highest BCUT2D eigenvalue weighted by Gasteiger charge is 2.32. The van der Waals surface area contributed by atoms with Crippen molar-refractivity contribution in [2.75, 3.05) is 0 Å². The maximum Gasteiger partial charge on any atom is 0.219 e. The van der Waals surface area contributed by atoms with E-state index in [1.54, 1.807) is 0 Å². The maximum absolute atomic E-state index is 6.01. The zero-order valence-corrected chi connectivity index (χ0v) is 15.3. The topological polar surface area (TPSA) is 0 Å². The smallest absolute Gasteiger partial charge is 0.0843 e. The molecule has 0 spiro atoms. The molecule has 0 nitrogen and oxygen atoms in total. The Balaban J connectivity index is 2.63. The van der Waals surface area contributed by atoms with E-state index in [4.69, 9.17) is 11.6 Å². The van der Waals surface area contributed by atoms with Crippen molar-refractivity contribution in [1.82, 2.24) is 0 Å². The Labute approximate surface area is 137 Å². The fourth-order valence-electron chi connectivity index (χ4n) is 2.05. The predicted molar refractivity (Wildman–Crippen MR) is 96.6 cm³/mol. The molecule has 0 saturated heterocycles. The summed E-state index contributed by atoms with van der Waals surface area (Å²) in [5, 5.41) is 0.782. The Morgan fingerprint density at radius 1 is 0.714 bits per heavy atom. The van der Waals surface area contributed by atoms with Gasteiger partial charge in [-0.25, -0.2) is 0 Å². The van der Waals surface area contributed by atoms with Crippen LogP contribution in [0.5, 0.6) is 0 Å². The zero-order chi connectivity index (χ0) is 15.8. The van der Waals surface area contributed by atoms with E-state index in [2.05, 4.69) is 65.8 Å². The first-order valence-corrected chi connectivity index (χ1v) is 8.52. The van der Waals surface area contributed by atoms with Crippen LogP contribution in [0.25, 0.3) is 11.1 Å². The summed E-state index contributed by atoms with van der Waals surface area (Å²) in [4.78, 5) is 2.83. The molecule has 0 aliphatic rings. The van der Waals surface area contributed by atoms with E-state index < -0.39 is 0 Å². The number of hydrogen-bond acceptors (Lipinski definition) is 0. The van der Waals surface area contributed by atoms with E-state index in [-0.39, 0.29) is 10.8 Å². The van der Waals surface area contributed by atoms with Gasteiger partial charge in [0.25, 0.3) is 0 Å². The fourth-order valence-corrected chi connectivity index (χ4v) is 3.40. The molecule has 2 rings (SSSR count). The van der Waals surface area contributed by atoms with Crippen LogP contribution in [-0.4, -0.2) is 0 Å². The third kappa shape index (κ3) is 4.05. The van der Waals surface area contributed by atoms with Crippen LogP contribution in [0.2, 0.25) is 5.02 Å². The molecule has 0 unspecified atom stereocenters. The molecule has 0 radical (unpaired) electrons. The standard InChI is InChI=1S/C19H24ClS/c1-18(2,3)16-11-14(12-17(21-16)19(4,5)6)13-7-9-15(20)10-8-13/h7-12H,1-6H3/q+1. The van der Waals surface area contributed by atoms with E-state index >= 15 is 0 Å². The SMILES string of the molecule is CC(C)(C)c1cc(-c2ccc(Cl)cc2)cc(C(C)(C)C)[s+]1. The van der Waals surface area contributed by atoms with E-state index in [9.17, 15) is 0 Å². The largest absolute Gasteiger partial charge is 0.219 e. The van der Waals surface area contributed by atoms with Crippen LogP contribution in [-0.2, 0) is 10.8 Å². The maximum atomic E-state index is 6.01. The molecule has 0 aliphatic heterocycles. The Morgan fingerprint density at radius 2 is 1.14 bits per heavy atom. The second-order valence-corrected chi connectivity index (χ2v) is 9.10. The van der Waals surface area contributed by atoms with Gasteiger partial charge < -0.3 is 0 Å². The van der Waals surface area contributed by atoms with Gasteiger partial charge in [0, 0.05) is 28.0 Å². The highest BCUT2D eigenvalue weighted by Crippen LogP contribution is 2.38. The zero-order valence-electron chi connectivity index (χ0n) is 13.8. The van der Waals surface area contributed by atoms with Crippen molar-refractivity contribution < 1.29 is 0 Å². The van der Waals surface area contributed by atoms with Crippen molar-refractivity contribution in [2.45, 2.75) is 52.4 Å². The summed E-state index contributed by atoms with van der Waals surface area (Å²) >= 11 is 7.93. The van der Waals surface area contributed by atoms with Crippen LogP contribution in [0.3, 0.4) is 0 Å². The third-order valence-corrected chi connectivity index (χ3v) is 5.60. The molecule has 112 valence electrons. The van der Waals surface area contributed by atoms with Crippen molar-refractivity contribution in [3.8, 4) is 11.1 Å². The molecular weight excluding hydrogens is 296 g/mol. The minimum atomic E-state index is 0.160. The van der Waals surface area contributed by atoms with Crippen molar-refractivity contribution >= 4 is 22.9 Å². The quantitative estimate of drug-likeness (QED) is 0.499. The second-order valence-electron chi connectivity index (χ2n) is 7.58. The van der Waals surface area contributed by atoms with Gasteiger partial charge in [0.15, 0.2) is 0 Å². The summed E-state index contributed by atoms with van der Waals surface area (Å²) in [5.74, 6) is 0. The summed E-state index contributed by atoms with van der Waals surface area (Å²) < 4.78 is 0. The fraction of sp³-hybridized carbons (Fsp3) is 0.421.